The maximum absolute atomic E-state index is 13.9. The van der Waals surface area contributed by atoms with Crippen molar-refractivity contribution in [2.45, 2.75) is 13.8 Å². The first-order valence-electron chi connectivity index (χ1n) is 7.61. The molecule has 0 saturated carbocycles. The molecule has 2 rings (SSSR count). The van der Waals surface area contributed by atoms with Crippen molar-refractivity contribution < 1.29 is 33.0 Å². The number of esters is 2. The Morgan fingerprint density at radius 2 is 1.81 bits per heavy atom. The van der Waals surface area contributed by atoms with Crippen LogP contribution in [-0.4, -0.2) is 43.5 Å². The van der Waals surface area contributed by atoms with Crippen LogP contribution in [0.1, 0.15) is 42.5 Å². The molecule has 1 N–H and O–H groups in total. The number of carbonyl (C=O) groups is 3. The number of aryl methyl sites for hydroxylation is 1. The molecule has 0 aliphatic rings. The number of aromatic amines is 1. The summed E-state index contributed by atoms with van der Waals surface area (Å²) in [5, 5.41) is 0. The predicted molar refractivity (Wildman–Crippen MR) is 89.2 cm³/mol. The number of carbonyl (C=O) groups excluding carboxylic acids is 3. The maximum atomic E-state index is 13.9. The van der Waals surface area contributed by atoms with E-state index >= 15 is 0 Å². The Kier molecular flexibility index (Phi) is 5.76. The Hall–Kier alpha value is -3.16. The van der Waals surface area contributed by atoms with Crippen LogP contribution in [0, 0.1) is 19.7 Å². The molecular weight excluding hydrogens is 345 g/mol. The van der Waals surface area contributed by atoms with E-state index in [1.54, 1.807) is 13.8 Å². The molecule has 1 aromatic carbocycles. The number of hydrogen-bond donors (Lipinski definition) is 1. The predicted octanol–water partition coefficient (Wildman–Crippen LogP) is 2.61. The van der Waals surface area contributed by atoms with E-state index in [0.717, 1.165) is 6.07 Å². The SMILES string of the molecule is COC(=O)c1c(C)[nH]c(C(=O)COC(=O)c2ccc(OC)cc2F)c1C. The van der Waals surface area contributed by atoms with Gasteiger partial charge in [0.2, 0.25) is 5.78 Å². The zero-order valence-corrected chi connectivity index (χ0v) is 14.8. The van der Waals surface area contributed by atoms with Gasteiger partial charge in [-0.3, -0.25) is 4.79 Å². The molecule has 1 aromatic heterocycles. The number of rotatable bonds is 6. The summed E-state index contributed by atoms with van der Waals surface area (Å²) in [6.45, 7) is 2.59. The van der Waals surface area contributed by atoms with Crippen LogP contribution in [0.3, 0.4) is 0 Å². The number of ketones is 1. The molecule has 8 heteroatoms. The highest BCUT2D eigenvalue weighted by molar-refractivity contribution is 6.03. The zero-order valence-electron chi connectivity index (χ0n) is 14.8. The quantitative estimate of drug-likeness (QED) is 0.626. The number of aromatic nitrogens is 1. The number of hydrogen-bond acceptors (Lipinski definition) is 6. The van der Waals surface area contributed by atoms with Crippen molar-refractivity contribution in [2.75, 3.05) is 20.8 Å². The molecule has 0 fully saturated rings. The Morgan fingerprint density at radius 3 is 2.38 bits per heavy atom. The van der Waals surface area contributed by atoms with Gasteiger partial charge < -0.3 is 19.2 Å². The summed E-state index contributed by atoms with van der Waals surface area (Å²) < 4.78 is 28.3. The van der Waals surface area contributed by atoms with Crippen LogP contribution in [0.4, 0.5) is 4.39 Å². The minimum Gasteiger partial charge on any atom is -0.497 e. The second-order valence-corrected chi connectivity index (χ2v) is 5.46. The summed E-state index contributed by atoms with van der Waals surface area (Å²) >= 11 is 0. The summed E-state index contributed by atoms with van der Waals surface area (Å²) in [7, 11) is 2.61. The van der Waals surface area contributed by atoms with Crippen LogP contribution in [0.25, 0.3) is 0 Å². The average molecular weight is 363 g/mol. The van der Waals surface area contributed by atoms with Crippen molar-refractivity contribution in [1.29, 1.82) is 0 Å². The molecule has 0 bridgehead atoms. The Balaban J connectivity index is 2.12. The third-order valence-corrected chi connectivity index (χ3v) is 3.84. The van der Waals surface area contributed by atoms with Crippen molar-refractivity contribution in [3.8, 4) is 5.75 Å². The van der Waals surface area contributed by atoms with Crippen molar-refractivity contribution in [2.24, 2.45) is 0 Å². The van der Waals surface area contributed by atoms with E-state index in [1.807, 2.05) is 0 Å². The minimum atomic E-state index is -0.979. The van der Waals surface area contributed by atoms with Crippen molar-refractivity contribution in [1.82, 2.24) is 4.98 Å². The van der Waals surface area contributed by atoms with E-state index in [1.165, 1.54) is 26.4 Å². The van der Waals surface area contributed by atoms with E-state index in [0.29, 0.717) is 11.3 Å². The monoisotopic (exact) mass is 363 g/mol. The lowest BCUT2D eigenvalue weighted by Crippen LogP contribution is -2.16. The second kappa shape index (κ2) is 7.81. The van der Waals surface area contributed by atoms with Crippen LogP contribution in [0.2, 0.25) is 0 Å². The molecule has 0 spiro atoms. The molecule has 0 unspecified atom stereocenters. The molecule has 0 radical (unpaired) electrons. The van der Waals surface area contributed by atoms with Crippen LogP contribution in [-0.2, 0) is 9.47 Å². The highest BCUT2D eigenvalue weighted by atomic mass is 19.1. The molecule has 1 heterocycles. The van der Waals surface area contributed by atoms with Crippen LogP contribution >= 0.6 is 0 Å². The van der Waals surface area contributed by atoms with E-state index in [-0.39, 0.29) is 22.6 Å². The molecule has 2 aromatic rings. The number of Topliss-reactive ketones (excluding diaryl/α,β-unsaturated/α-hetero) is 1. The lowest BCUT2D eigenvalue weighted by molar-refractivity contribution is 0.0468. The molecule has 0 amide bonds. The first-order valence-corrected chi connectivity index (χ1v) is 7.61. The fourth-order valence-corrected chi connectivity index (χ4v) is 2.51. The molecule has 26 heavy (non-hydrogen) atoms. The molecule has 0 aliphatic heterocycles. The summed E-state index contributed by atoms with van der Waals surface area (Å²) in [6.07, 6.45) is 0. The summed E-state index contributed by atoms with van der Waals surface area (Å²) in [6, 6.07) is 3.66. The highest BCUT2D eigenvalue weighted by Gasteiger charge is 2.23. The summed E-state index contributed by atoms with van der Waals surface area (Å²) in [5.41, 5.74) is 0.929. The van der Waals surface area contributed by atoms with E-state index in [4.69, 9.17) is 9.47 Å². The van der Waals surface area contributed by atoms with Gasteiger partial charge in [-0.15, -0.1) is 0 Å². The average Bonchev–Trinajstić information content (AvgIpc) is 2.93. The normalized spacial score (nSPS) is 10.3. The third-order valence-electron chi connectivity index (χ3n) is 3.84. The van der Waals surface area contributed by atoms with Crippen molar-refractivity contribution in [3.05, 3.63) is 52.1 Å². The van der Waals surface area contributed by atoms with Crippen LogP contribution < -0.4 is 4.74 Å². The molecular formula is C18H18FNO6. The van der Waals surface area contributed by atoms with E-state index < -0.39 is 30.1 Å². The van der Waals surface area contributed by atoms with Gasteiger partial charge in [0.15, 0.2) is 6.61 Å². The van der Waals surface area contributed by atoms with E-state index in [9.17, 15) is 18.8 Å². The maximum Gasteiger partial charge on any atom is 0.341 e. The first kappa shape index (κ1) is 19.2. The molecule has 0 atom stereocenters. The van der Waals surface area contributed by atoms with Gasteiger partial charge in [0.25, 0.3) is 0 Å². The summed E-state index contributed by atoms with van der Waals surface area (Å²) in [4.78, 5) is 38.8. The Morgan fingerprint density at radius 1 is 1.12 bits per heavy atom. The topological polar surface area (TPSA) is 94.7 Å². The zero-order chi connectivity index (χ0) is 19.4. The van der Waals surface area contributed by atoms with Crippen molar-refractivity contribution in [3.63, 3.8) is 0 Å². The van der Waals surface area contributed by atoms with Gasteiger partial charge in [-0.1, -0.05) is 0 Å². The number of halogens is 1. The Bertz CT molecular complexity index is 871. The van der Waals surface area contributed by atoms with Gasteiger partial charge in [-0.05, 0) is 31.5 Å². The smallest absolute Gasteiger partial charge is 0.341 e. The van der Waals surface area contributed by atoms with Crippen molar-refractivity contribution >= 4 is 17.7 Å². The second-order valence-electron chi connectivity index (χ2n) is 5.46. The van der Waals surface area contributed by atoms with Crippen LogP contribution in [0.5, 0.6) is 5.75 Å². The van der Waals surface area contributed by atoms with E-state index in [2.05, 4.69) is 9.72 Å². The third kappa shape index (κ3) is 3.74. The summed E-state index contributed by atoms with van der Waals surface area (Å²) in [5.74, 6) is -2.67. The lowest BCUT2D eigenvalue weighted by atomic mass is 10.1. The lowest BCUT2D eigenvalue weighted by Gasteiger charge is -2.06. The standard InChI is InChI=1S/C18H18FNO6/c1-9-15(18(23)25-4)10(2)20-16(9)14(21)8-26-17(22)12-6-5-11(24-3)7-13(12)19/h5-7,20H,8H2,1-4H3. The number of methoxy groups -OCH3 is 2. The first-order chi connectivity index (χ1) is 12.3. The minimum absolute atomic E-state index is 0.130. The van der Waals surface area contributed by atoms with Gasteiger partial charge in [-0.2, -0.15) is 0 Å². The molecule has 7 nitrogen and oxygen atoms in total. The number of H-pyrrole nitrogens is 1. The van der Waals surface area contributed by atoms with Gasteiger partial charge in [0.05, 0.1) is 31.0 Å². The fourth-order valence-electron chi connectivity index (χ4n) is 2.51. The van der Waals surface area contributed by atoms with Gasteiger partial charge in [0.1, 0.15) is 11.6 Å². The molecule has 0 saturated heterocycles. The highest BCUT2D eigenvalue weighted by Crippen LogP contribution is 2.20. The van der Waals surface area contributed by atoms with Gasteiger partial charge in [0, 0.05) is 11.8 Å². The van der Waals surface area contributed by atoms with Crippen LogP contribution in [0.15, 0.2) is 18.2 Å². The largest absolute Gasteiger partial charge is 0.497 e. The van der Waals surface area contributed by atoms with Gasteiger partial charge >= 0.3 is 11.9 Å². The molecule has 0 aliphatic carbocycles. The fraction of sp³-hybridized carbons (Fsp3) is 0.278. The number of nitrogens with one attached hydrogen (secondary N) is 1. The number of ether oxygens (including phenoxy) is 3. The van der Waals surface area contributed by atoms with Gasteiger partial charge in [-0.25, -0.2) is 14.0 Å². The number of benzene rings is 1. The molecule has 138 valence electrons. The Labute approximate surface area is 149 Å².